The van der Waals surface area contributed by atoms with Gasteiger partial charge in [-0.15, -0.1) is 0 Å². The van der Waals surface area contributed by atoms with Crippen molar-refractivity contribution in [1.82, 2.24) is 15.0 Å². The third-order valence-corrected chi connectivity index (χ3v) is 3.93. The molecule has 3 rings (SSSR count). The van der Waals surface area contributed by atoms with E-state index in [1.807, 2.05) is 18.4 Å². The van der Waals surface area contributed by atoms with Crippen LogP contribution in [-0.2, 0) is 6.54 Å². The molecule has 1 saturated heterocycles. The van der Waals surface area contributed by atoms with Crippen molar-refractivity contribution in [3.63, 3.8) is 0 Å². The van der Waals surface area contributed by atoms with Gasteiger partial charge in [-0.1, -0.05) is 16.5 Å². The second-order valence-corrected chi connectivity index (χ2v) is 5.68. The van der Waals surface area contributed by atoms with Gasteiger partial charge < -0.3 is 9.26 Å². The van der Waals surface area contributed by atoms with Crippen LogP contribution in [0.4, 0.5) is 0 Å². The van der Waals surface area contributed by atoms with Gasteiger partial charge in [-0.05, 0) is 19.8 Å². The predicted molar refractivity (Wildman–Crippen MR) is 72.3 cm³/mol. The monoisotopic (exact) mass is 279 g/mol. The molecule has 0 aromatic carbocycles. The molecule has 3 heterocycles. The highest BCUT2D eigenvalue weighted by atomic mass is 32.1. The molecule has 1 fully saturated rings. The van der Waals surface area contributed by atoms with Crippen LogP contribution in [0.25, 0.3) is 0 Å². The van der Waals surface area contributed by atoms with Crippen molar-refractivity contribution in [2.24, 2.45) is 0 Å². The Morgan fingerprint density at radius 1 is 1.47 bits per heavy atom. The van der Waals surface area contributed by atoms with Gasteiger partial charge in [0, 0.05) is 30.7 Å². The van der Waals surface area contributed by atoms with Gasteiger partial charge in [0.1, 0.15) is 6.10 Å². The molecule has 0 saturated carbocycles. The first-order valence-electron chi connectivity index (χ1n) is 6.50. The number of piperidine rings is 1. The molecule has 0 radical (unpaired) electrons. The Morgan fingerprint density at radius 3 is 2.95 bits per heavy atom. The van der Waals surface area contributed by atoms with E-state index in [0.717, 1.165) is 49.1 Å². The number of likely N-dealkylation sites (tertiary alicyclic amines) is 1. The fraction of sp³-hybridized carbons (Fsp3) is 0.538. The predicted octanol–water partition coefficient (Wildman–Crippen LogP) is 2.48. The maximum Gasteiger partial charge on any atom is 0.273 e. The Kier molecular flexibility index (Phi) is 3.79. The molecule has 5 nitrogen and oxygen atoms in total. The number of rotatable bonds is 4. The van der Waals surface area contributed by atoms with Gasteiger partial charge in [-0.25, -0.2) is 4.98 Å². The zero-order valence-electron chi connectivity index (χ0n) is 10.9. The smallest absolute Gasteiger partial charge is 0.273 e. The van der Waals surface area contributed by atoms with Gasteiger partial charge in [0.25, 0.3) is 5.19 Å². The molecular weight excluding hydrogens is 262 g/mol. The average Bonchev–Trinajstić information content (AvgIpc) is 3.04. The van der Waals surface area contributed by atoms with Gasteiger partial charge in [0.05, 0.1) is 12.2 Å². The Morgan fingerprint density at radius 2 is 2.32 bits per heavy atom. The van der Waals surface area contributed by atoms with Crippen LogP contribution in [-0.4, -0.2) is 34.2 Å². The summed E-state index contributed by atoms with van der Waals surface area (Å²) >= 11 is 1.55. The molecule has 2 aromatic rings. The second-order valence-electron chi connectivity index (χ2n) is 4.83. The zero-order valence-corrected chi connectivity index (χ0v) is 11.7. The number of aromatic nitrogens is 2. The summed E-state index contributed by atoms with van der Waals surface area (Å²) in [4.78, 5) is 6.54. The lowest BCUT2D eigenvalue weighted by Crippen LogP contribution is -2.37. The first-order chi connectivity index (χ1) is 9.29. The Balaban J connectivity index is 1.46. The van der Waals surface area contributed by atoms with E-state index in [1.165, 1.54) is 0 Å². The Bertz CT molecular complexity index is 504. The topological polar surface area (TPSA) is 51.4 Å². The molecule has 19 heavy (non-hydrogen) atoms. The first kappa shape index (κ1) is 12.6. The van der Waals surface area contributed by atoms with E-state index < -0.39 is 0 Å². The summed E-state index contributed by atoms with van der Waals surface area (Å²) in [7, 11) is 0. The maximum absolute atomic E-state index is 5.84. The first-order valence-corrected chi connectivity index (χ1v) is 7.38. The van der Waals surface area contributed by atoms with Gasteiger partial charge in [0.15, 0.2) is 5.76 Å². The number of hydrogen-bond donors (Lipinski definition) is 0. The Labute approximate surface area is 116 Å². The molecule has 0 aliphatic carbocycles. The van der Waals surface area contributed by atoms with E-state index in [1.54, 1.807) is 17.5 Å². The molecule has 0 spiro atoms. The molecule has 6 heteroatoms. The minimum absolute atomic E-state index is 0.291. The summed E-state index contributed by atoms with van der Waals surface area (Å²) in [6.07, 6.45) is 4.14. The second kappa shape index (κ2) is 5.71. The van der Waals surface area contributed by atoms with Crippen LogP contribution in [0.2, 0.25) is 0 Å². The van der Waals surface area contributed by atoms with Crippen molar-refractivity contribution in [3.05, 3.63) is 29.1 Å². The Hall–Kier alpha value is -1.40. The standard InChI is InChI=1S/C13H17N3O2S/c1-10-8-12(18-15-10)9-16-5-2-11(3-6-16)17-13-14-4-7-19-13/h4,7-8,11H,2-3,5-6,9H2,1H3. The third-order valence-electron chi connectivity index (χ3n) is 3.27. The van der Waals surface area contributed by atoms with Crippen molar-refractivity contribution in [2.45, 2.75) is 32.4 Å². The lowest BCUT2D eigenvalue weighted by atomic mass is 10.1. The molecule has 1 aliphatic rings. The zero-order chi connectivity index (χ0) is 13.1. The highest BCUT2D eigenvalue weighted by Gasteiger charge is 2.22. The van der Waals surface area contributed by atoms with Crippen LogP contribution in [0, 0.1) is 6.92 Å². The van der Waals surface area contributed by atoms with Gasteiger partial charge in [-0.2, -0.15) is 0 Å². The lowest BCUT2D eigenvalue weighted by molar-refractivity contribution is 0.0912. The average molecular weight is 279 g/mol. The van der Waals surface area contributed by atoms with E-state index in [9.17, 15) is 0 Å². The fourth-order valence-electron chi connectivity index (χ4n) is 2.31. The van der Waals surface area contributed by atoms with E-state index in [0.29, 0.717) is 6.10 Å². The summed E-state index contributed by atoms with van der Waals surface area (Å²) in [5, 5.41) is 6.64. The van der Waals surface area contributed by atoms with Crippen LogP contribution in [0.1, 0.15) is 24.3 Å². The summed E-state index contributed by atoms with van der Waals surface area (Å²) in [5.41, 5.74) is 0.942. The van der Waals surface area contributed by atoms with Crippen LogP contribution in [0.5, 0.6) is 5.19 Å². The summed E-state index contributed by atoms with van der Waals surface area (Å²) in [6.45, 7) is 4.83. The largest absolute Gasteiger partial charge is 0.467 e. The SMILES string of the molecule is Cc1cc(CN2CCC(Oc3nccs3)CC2)on1. The molecule has 0 N–H and O–H groups in total. The minimum Gasteiger partial charge on any atom is -0.467 e. The van der Waals surface area contributed by atoms with Crippen LogP contribution in [0.3, 0.4) is 0 Å². The van der Waals surface area contributed by atoms with Crippen molar-refractivity contribution in [3.8, 4) is 5.19 Å². The molecule has 2 aromatic heterocycles. The fourth-order valence-corrected chi connectivity index (χ4v) is 2.86. The van der Waals surface area contributed by atoms with Crippen molar-refractivity contribution in [1.29, 1.82) is 0 Å². The van der Waals surface area contributed by atoms with E-state index in [4.69, 9.17) is 9.26 Å². The van der Waals surface area contributed by atoms with Crippen LogP contribution in [0.15, 0.2) is 22.2 Å². The van der Waals surface area contributed by atoms with Crippen LogP contribution < -0.4 is 4.74 Å². The van der Waals surface area contributed by atoms with Gasteiger partial charge in [0.2, 0.25) is 0 Å². The summed E-state index contributed by atoms with van der Waals surface area (Å²) < 4.78 is 11.1. The normalized spacial score (nSPS) is 17.7. The summed E-state index contributed by atoms with van der Waals surface area (Å²) in [5.74, 6) is 0.941. The number of hydrogen-bond acceptors (Lipinski definition) is 6. The number of aryl methyl sites for hydroxylation is 1. The number of ether oxygens (including phenoxy) is 1. The van der Waals surface area contributed by atoms with Crippen molar-refractivity contribution >= 4 is 11.3 Å². The molecule has 0 atom stereocenters. The minimum atomic E-state index is 0.291. The molecule has 0 amide bonds. The van der Waals surface area contributed by atoms with Gasteiger partial charge in [-0.3, -0.25) is 4.90 Å². The summed E-state index contributed by atoms with van der Waals surface area (Å²) in [6, 6.07) is 2.00. The van der Waals surface area contributed by atoms with Crippen molar-refractivity contribution < 1.29 is 9.26 Å². The van der Waals surface area contributed by atoms with E-state index in [2.05, 4.69) is 15.0 Å². The molecule has 0 unspecified atom stereocenters. The van der Waals surface area contributed by atoms with E-state index >= 15 is 0 Å². The molecule has 0 bridgehead atoms. The molecular formula is C13H17N3O2S. The van der Waals surface area contributed by atoms with E-state index in [-0.39, 0.29) is 0 Å². The third kappa shape index (κ3) is 3.33. The van der Waals surface area contributed by atoms with Gasteiger partial charge >= 0.3 is 0 Å². The number of thiazole rings is 1. The quantitative estimate of drug-likeness (QED) is 0.860. The maximum atomic E-state index is 5.84. The van der Waals surface area contributed by atoms with Crippen molar-refractivity contribution in [2.75, 3.05) is 13.1 Å². The molecule has 102 valence electrons. The van der Waals surface area contributed by atoms with Crippen LogP contribution >= 0.6 is 11.3 Å². The number of nitrogens with zero attached hydrogens (tertiary/aromatic N) is 3. The molecule has 1 aliphatic heterocycles. The lowest BCUT2D eigenvalue weighted by Gasteiger charge is -2.30. The highest BCUT2D eigenvalue weighted by molar-refractivity contribution is 7.11. The highest BCUT2D eigenvalue weighted by Crippen LogP contribution is 2.21.